The summed E-state index contributed by atoms with van der Waals surface area (Å²) < 4.78 is 1.51. The van der Waals surface area contributed by atoms with E-state index in [0.717, 1.165) is 17.0 Å². The van der Waals surface area contributed by atoms with Gasteiger partial charge in [-0.25, -0.2) is 4.98 Å². The van der Waals surface area contributed by atoms with Crippen LogP contribution in [-0.4, -0.2) is 37.7 Å². The molecule has 1 unspecified atom stereocenters. The number of aromatic nitrogens is 3. The van der Waals surface area contributed by atoms with Crippen molar-refractivity contribution in [2.45, 2.75) is 38.8 Å². The van der Waals surface area contributed by atoms with Crippen LogP contribution in [0.3, 0.4) is 0 Å². The molecule has 2 aromatic heterocycles. The Morgan fingerprint density at radius 2 is 2.00 bits per heavy atom. The maximum atomic E-state index is 12.9. The molecule has 1 atom stereocenters. The summed E-state index contributed by atoms with van der Waals surface area (Å²) in [5.41, 5.74) is 2.96. The van der Waals surface area contributed by atoms with Crippen LogP contribution in [0.1, 0.15) is 49.3 Å². The highest BCUT2D eigenvalue weighted by molar-refractivity contribution is 6.01. The molecule has 0 spiro atoms. The van der Waals surface area contributed by atoms with Crippen LogP contribution in [0.25, 0.3) is 22.2 Å². The molecule has 4 N–H and O–H groups in total. The number of amides is 1. The molecule has 29 heavy (non-hydrogen) atoms. The average Bonchev–Trinajstić information content (AvgIpc) is 3.20. The summed E-state index contributed by atoms with van der Waals surface area (Å²) >= 11 is 0. The second-order valence-corrected chi connectivity index (χ2v) is 8.43. The fourth-order valence-corrected chi connectivity index (χ4v) is 3.69. The van der Waals surface area contributed by atoms with Crippen molar-refractivity contribution in [1.29, 1.82) is 0 Å². The van der Waals surface area contributed by atoms with E-state index in [1.165, 1.54) is 4.57 Å². The molecule has 1 aliphatic heterocycles. The number of H-pyrrole nitrogens is 1. The van der Waals surface area contributed by atoms with E-state index < -0.39 is 0 Å². The van der Waals surface area contributed by atoms with Crippen molar-refractivity contribution in [2.24, 2.45) is 7.05 Å². The van der Waals surface area contributed by atoms with Gasteiger partial charge in [0.15, 0.2) is 0 Å². The number of benzene rings is 1. The highest BCUT2D eigenvalue weighted by atomic mass is 16.3. The number of aliphatic hydroxyl groups excluding tert-OH is 1. The number of hydrogen-bond donors (Lipinski definition) is 4. The second-order valence-electron chi connectivity index (χ2n) is 8.43. The highest BCUT2D eigenvalue weighted by Crippen LogP contribution is 2.34. The Hall–Kier alpha value is -3.13. The Kier molecular flexibility index (Phi) is 4.46. The minimum Gasteiger partial charge on any atom is -0.396 e. The molecule has 1 aromatic carbocycles. The number of fused-ring (bicyclic) bond motifs is 2. The molecule has 3 heterocycles. The third-order valence-electron chi connectivity index (χ3n) is 5.05. The molecule has 1 amide bonds. The zero-order valence-corrected chi connectivity index (χ0v) is 17.0. The lowest BCUT2D eigenvalue weighted by molar-refractivity contribution is 0.0951. The Balaban J connectivity index is 1.90. The number of aliphatic hydroxyl groups is 1. The van der Waals surface area contributed by atoms with Crippen molar-refractivity contribution >= 4 is 22.8 Å². The molecule has 8 heteroatoms. The molecule has 0 saturated carbocycles. The van der Waals surface area contributed by atoms with Crippen molar-refractivity contribution in [1.82, 2.24) is 19.9 Å². The van der Waals surface area contributed by atoms with Gasteiger partial charge < -0.3 is 20.7 Å². The zero-order chi connectivity index (χ0) is 20.9. The van der Waals surface area contributed by atoms with Gasteiger partial charge in [0.05, 0.1) is 28.2 Å². The number of nitrogens with zero attached hydrogens (tertiary/aromatic N) is 2. The maximum absolute atomic E-state index is 12.9. The number of aromatic amines is 1. The van der Waals surface area contributed by atoms with Crippen LogP contribution >= 0.6 is 0 Å². The first-order chi connectivity index (χ1) is 13.7. The monoisotopic (exact) mass is 395 g/mol. The molecule has 0 saturated heterocycles. The number of carbonyl (C=O) groups is 1. The predicted octanol–water partition coefficient (Wildman–Crippen LogP) is 2.31. The minimum atomic E-state index is -0.261. The van der Waals surface area contributed by atoms with Gasteiger partial charge in [-0.1, -0.05) is 12.1 Å². The summed E-state index contributed by atoms with van der Waals surface area (Å²) in [5.74, 6) is 0.317. The highest BCUT2D eigenvalue weighted by Gasteiger charge is 2.31. The zero-order valence-electron chi connectivity index (χ0n) is 17.0. The summed E-state index contributed by atoms with van der Waals surface area (Å²) in [6.45, 7) is 5.99. The van der Waals surface area contributed by atoms with Gasteiger partial charge in [-0.05, 0) is 39.3 Å². The standard InChI is InChI=1S/C21H25N5O3/c1-21(2,3)25-20-24-16-11(6-5-7-12(16)19(29)26(20)4)15-10-13-17(22-15)14(8-9-27)23-18(13)28/h5-7,10,14,22,27H,8-9H2,1-4H3,(H,23,28)(H,24,25). The molecule has 0 radical (unpaired) electrons. The molecule has 0 aliphatic carbocycles. The number of rotatable bonds is 4. The molecule has 0 fully saturated rings. The van der Waals surface area contributed by atoms with E-state index in [-0.39, 0.29) is 29.7 Å². The number of carbonyl (C=O) groups excluding carboxylic acids is 1. The van der Waals surface area contributed by atoms with E-state index in [9.17, 15) is 14.7 Å². The largest absolute Gasteiger partial charge is 0.396 e. The van der Waals surface area contributed by atoms with Gasteiger partial charge in [-0.2, -0.15) is 0 Å². The van der Waals surface area contributed by atoms with E-state index in [1.54, 1.807) is 19.2 Å². The SMILES string of the molecule is Cn1c(NC(C)(C)C)nc2c(-c3cc4c([nH]3)C(CCO)NC4=O)cccc2c1=O. The number of para-hydroxylation sites is 1. The molecule has 1 aliphatic rings. The Bertz CT molecular complexity index is 1170. The number of nitrogens with one attached hydrogen (secondary N) is 3. The fraction of sp³-hybridized carbons (Fsp3) is 0.381. The Morgan fingerprint density at radius 3 is 2.69 bits per heavy atom. The molecule has 4 rings (SSSR count). The molecular weight excluding hydrogens is 370 g/mol. The summed E-state index contributed by atoms with van der Waals surface area (Å²) in [6.07, 6.45) is 0.437. The molecule has 8 nitrogen and oxygen atoms in total. The molecular formula is C21H25N5O3. The van der Waals surface area contributed by atoms with Crippen LogP contribution in [0.5, 0.6) is 0 Å². The van der Waals surface area contributed by atoms with E-state index in [2.05, 4.69) is 15.6 Å². The maximum Gasteiger partial charge on any atom is 0.262 e. The van der Waals surface area contributed by atoms with Gasteiger partial charge in [0, 0.05) is 30.5 Å². The van der Waals surface area contributed by atoms with Crippen LogP contribution in [0, 0.1) is 0 Å². The lowest BCUT2D eigenvalue weighted by Crippen LogP contribution is -2.32. The Labute approximate surface area is 168 Å². The van der Waals surface area contributed by atoms with Crippen LogP contribution in [0.4, 0.5) is 5.95 Å². The van der Waals surface area contributed by atoms with Gasteiger partial charge in [0.2, 0.25) is 5.95 Å². The van der Waals surface area contributed by atoms with Crippen LogP contribution in [0.2, 0.25) is 0 Å². The minimum absolute atomic E-state index is 0.0214. The lowest BCUT2D eigenvalue weighted by Gasteiger charge is -2.23. The van der Waals surface area contributed by atoms with Gasteiger partial charge in [-0.3, -0.25) is 14.2 Å². The first kappa shape index (κ1) is 19.2. The predicted molar refractivity (Wildman–Crippen MR) is 112 cm³/mol. The van der Waals surface area contributed by atoms with E-state index in [1.807, 2.05) is 32.9 Å². The van der Waals surface area contributed by atoms with E-state index >= 15 is 0 Å². The van der Waals surface area contributed by atoms with Crippen LogP contribution in [-0.2, 0) is 7.05 Å². The van der Waals surface area contributed by atoms with Gasteiger partial charge in [0.25, 0.3) is 11.5 Å². The summed E-state index contributed by atoms with van der Waals surface area (Å²) in [5, 5.41) is 15.9. The topological polar surface area (TPSA) is 112 Å². The average molecular weight is 395 g/mol. The Morgan fingerprint density at radius 1 is 1.24 bits per heavy atom. The van der Waals surface area contributed by atoms with Gasteiger partial charge >= 0.3 is 0 Å². The third kappa shape index (κ3) is 3.29. The molecule has 152 valence electrons. The van der Waals surface area contributed by atoms with Gasteiger partial charge in [0.1, 0.15) is 0 Å². The van der Waals surface area contributed by atoms with Crippen molar-refractivity contribution < 1.29 is 9.90 Å². The van der Waals surface area contributed by atoms with E-state index in [0.29, 0.717) is 28.8 Å². The van der Waals surface area contributed by atoms with E-state index in [4.69, 9.17) is 4.98 Å². The van der Waals surface area contributed by atoms with Crippen LogP contribution < -0.4 is 16.2 Å². The van der Waals surface area contributed by atoms with Gasteiger partial charge in [-0.15, -0.1) is 0 Å². The molecule has 0 bridgehead atoms. The fourth-order valence-electron chi connectivity index (χ4n) is 3.69. The van der Waals surface area contributed by atoms with Crippen molar-refractivity contribution in [3.8, 4) is 11.3 Å². The normalized spacial score (nSPS) is 16.2. The summed E-state index contributed by atoms with van der Waals surface area (Å²) in [6, 6.07) is 7.00. The summed E-state index contributed by atoms with van der Waals surface area (Å²) in [7, 11) is 1.70. The van der Waals surface area contributed by atoms with Crippen molar-refractivity contribution in [2.75, 3.05) is 11.9 Å². The quantitative estimate of drug-likeness (QED) is 0.542. The third-order valence-corrected chi connectivity index (χ3v) is 5.05. The second kappa shape index (κ2) is 6.73. The summed E-state index contributed by atoms with van der Waals surface area (Å²) in [4.78, 5) is 33.3. The lowest BCUT2D eigenvalue weighted by atomic mass is 10.1. The van der Waals surface area contributed by atoms with Crippen LogP contribution in [0.15, 0.2) is 29.1 Å². The first-order valence-electron chi connectivity index (χ1n) is 9.62. The smallest absolute Gasteiger partial charge is 0.262 e. The van der Waals surface area contributed by atoms with Crippen molar-refractivity contribution in [3.63, 3.8) is 0 Å². The first-order valence-corrected chi connectivity index (χ1v) is 9.62. The number of hydrogen-bond acceptors (Lipinski definition) is 5. The number of anilines is 1. The molecule has 3 aromatic rings. The van der Waals surface area contributed by atoms with Crippen molar-refractivity contribution in [3.05, 3.63) is 45.9 Å².